The highest BCUT2D eigenvalue weighted by atomic mass is 35.5. The molecule has 1 heterocycles. The minimum atomic E-state index is -0.0352. The molecule has 1 N–H and O–H groups in total. The van der Waals surface area contributed by atoms with E-state index in [0.717, 1.165) is 5.56 Å². The number of rotatable bonds is 5. The van der Waals surface area contributed by atoms with Crippen LogP contribution in [0.2, 0.25) is 10.0 Å². The Morgan fingerprint density at radius 1 is 1.16 bits per heavy atom. The Labute approximate surface area is 156 Å². The minimum absolute atomic E-state index is 0.0352. The van der Waals surface area contributed by atoms with Crippen LogP contribution in [0.5, 0.6) is 11.5 Å². The Morgan fingerprint density at radius 2 is 1.88 bits per heavy atom. The Morgan fingerprint density at radius 3 is 2.56 bits per heavy atom. The van der Waals surface area contributed by atoms with Gasteiger partial charge in [0.25, 0.3) is 0 Å². The van der Waals surface area contributed by atoms with E-state index in [1.165, 1.54) is 6.08 Å². The summed E-state index contributed by atoms with van der Waals surface area (Å²) in [5.74, 6) is 1.20. The van der Waals surface area contributed by atoms with E-state index in [1.54, 1.807) is 47.4 Å². The summed E-state index contributed by atoms with van der Waals surface area (Å²) in [4.78, 5) is 13.9. The Balaban J connectivity index is 1.44. The van der Waals surface area contributed by atoms with E-state index < -0.39 is 0 Å². The molecule has 4 nitrogen and oxygen atoms in total. The van der Waals surface area contributed by atoms with Crippen LogP contribution in [0.25, 0.3) is 6.08 Å². The molecule has 0 saturated carbocycles. The maximum Gasteiger partial charge on any atom is 0.246 e. The van der Waals surface area contributed by atoms with Gasteiger partial charge in [-0.2, -0.15) is 0 Å². The lowest BCUT2D eigenvalue weighted by Gasteiger charge is -2.38. The van der Waals surface area contributed by atoms with E-state index in [1.807, 2.05) is 6.07 Å². The lowest BCUT2D eigenvalue weighted by Crippen LogP contribution is -2.51. The number of halogens is 2. The Hall–Kier alpha value is -2.17. The van der Waals surface area contributed by atoms with Gasteiger partial charge < -0.3 is 14.7 Å². The van der Waals surface area contributed by atoms with Crippen LogP contribution in [0.4, 0.5) is 0 Å². The first-order valence-electron chi connectivity index (χ1n) is 7.85. The number of aromatic hydroxyl groups is 1. The van der Waals surface area contributed by atoms with Gasteiger partial charge in [0.15, 0.2) is 0 Å². The van der Waals surface area contributed by atoms with E-state index in [2.05, 4.69) is 0 Å². The third-order valence-corrected chi connectivity index (χ3v) is 4.69. The fourth-order valence-electron chi connectivity index (χ4n) is 2.50. The molecule has 25 heavy (non-hydrogen) atoms. The number of benzene rings is 2. The summed E-state index contributed by atoms with van der Waals surface area (Å²) < 4.78 is 5.65. The van der Waals surface area contributed by atoms with Crippen molar-refractivity contribution in [1.82, 2.24) is 4.90 Å². The molecule has 130 valence electrons. The van der Waals surface area contributed by atoms with Crippen LogP contribution in [0.3, 0.4) is 0 Å². The maximum atomic E-state index is 12.1. The second-order valence-corrected chi connectivity index (χ2v) is 6.74. The fraction of sp³-hybridized carbons (Fsp3) is 0.211. The Bertz CT molecular complexity index is 784. The molecule has 3 rings (SSSR count). The van der Waals surface area contributed by atoms with Crippen molar-refractivity contribution < 1.29 is 14.6 Å². The molecule has 1 aliphatic rings. The van der Waals surface area contributed by atoms with Crippen molar-refractivity contribution in [2.24, 2.45) is 5.92 Å². The number of phenols is 1. The summed E-state index contributed by atoms with van der Waals surface area (Å²) >= 11 is 11.8. The molecule has 1 aliphatic heterocycles. The summed E-state index contributed by atoms with van der Waals surface area (Å²) in [6.45, 7) is 1.89. The molecule has 2 aromatic rings. The average Bonchev–Trinajstić information content (AvgIpc) is 2.56. The van der Waals surface area contributed by atoms with Gasteiger partial charge in [-0.3, -0.25) is 4.79 Å². The number of amides is 1. The third-order valence-electron chi connectivity index (χ3n) is 3.95. The van der Waals surface area contributed by atoms with Crippen molar-refractivity contribution in [3.8, 4) is 11.5 Å². The largest absolute Gasteiger partial charge is 0.508 e. The van der Waals surface area contributed by atoms with Crippen molar-refractivity contribution in [3.63, 3.8) is 0 Å². The first-order valence-corrected chi connectivity index (χ1v) is 8.61. The predicted octanol–water partition coefficient (Wildman–Crippen LogP) is 4.25. The fourth-order valence-corrected chi connectivity index (χ4v) is 2.81. The number of phenolic OH excluding ortho intramolecular Hbond substituents is 1. The molecular weight excluding hydrogens is 361 g/mol. The lowest BCUT2D eigenvalue weighted by molar-refractivity contribution is -0.132. The van der Waals surface area contributed by atoms with Gasteiger partial charge in [0.1, 0.15) is 11.5 Å². The second kappa shape index (κ2) is 7.81. The molecule has 0 bridgehead atoms. The first kappa shape index (κ1) is 17.6. The van der Waals surface area contributed by atoms with E-state index in [4.69, 9.17) is 27.9 Å². The Kier molecular flexibility index (Phi) is 5.51. The van der Waals surface area contributed by atoms with E-state index in [-0.39, 0.29) is 11.7 Å². The molecule has 1 fully saturated rings. The van der Waals surface area contributed by atoms with Gasteiger partial charge >= 0.3 is 0 Å². The number of likely N-dealkylation sites (tertiary alicyclic amines) is 1. The smallest absolute Gasteiger partial charge is 0.246 e. The molecule has 0 spiro atoms. The van der Waals surface area contributed by atoms with Crippen molar-refractivity contribution in [3.05, 3.63) is 64.1 Å². The number of nitrogens with zero attached hydrogens (tertiary/aromatic N) is 1. The molecule has 6 heteroatoms. The van der Waals surface area contributed by atoms with Crippen molar-refractivity contribution in [2.45, 2.75) is 0 Å². The van der Waals surface area contributed by atoms with Crippen molar-refractivity contribution in [2.75, 3.05) is 19.7 Å². The van der Waals surface area contributed by atoms with Gasteiger partial charge in [-0.25, -0.2) is 0 Å². The number of hydrogen-bond donors (Lipinski definition) is 1. The van der Waals surface area contributed by atoms with Gasteiger partial charge in [0.2, 0.25) is 5.91 Å². The van der Waals surface area contributed by atoms with Crippen LogP contribution in [-0.2, 0) is 4.79 Å². The standard InChI is InChI=1S/C19H17Cl2NO3/c20-17-7-1-13(9-18(17)21)2-8-19(24)22-10-14(11-22)12-25-16-5-3-15(23)4-6-16/h1-9,14,23H,10-12H2. The van der Waals surface area contributed by atoms with E-state index in [0.29, 0.717) is 41.4 Å². The highest BCUT2D eigenvalue weighted by Gasteiger charge is 2.29. The summed E-state index contributed by atoms with van der Waals surface area (Å²) in [6, 6.07) is 11.8. The number of carbonyl (C=O) groups is 1. The molecule has 0 atom stereocenters. The maximum absolute atomic E-state index is 12.1. The highest BCUT2D eigenvalue weighted by Crippen LogP contribution is 2.24. The molecule has 2 aromatic carbocycles. The molecule has 0 aliphatic carbocycles. The van der Waals surface area contributed by atoms with Crippen LogP contribution >= 0.6 is 23.2 Å². The molecule has 0 radical (unpaired) electrons. The van der Waals surface area contributed by atoms with Crippen LogP contribution < -0.4 is 4.74 Å². The van der Waals surface area contributed by atoms with Gasteiger partial charge in [0, 0.05) is 25.1 Å². The van der Waals surface area contributed by atoms with Crippen molar-refractivity contribution >= 4 is 35.2 Å². The number of hydrogen-bond acceptors (Lipinski definition) is 3. The molecule has 0 unspecified atom stereocenters. The zero-order chi connectivity index (χ0) is 17.8. The van der Waals surface area contributed by atoms with Crippen LogP contribution in [0, 0.1) is 5.92 Å². The van der Waals surface area contributed by atoms with Gasteiger partial charge in [-0.15, -0.1) is 0 Å². The predicted molar refractivity (Wildman–Crippen MR) is 99.2 cm³/mol. The lowest BCUT2D eigenvalue weighted by atomic mass is 10.0. The highest BCUT2D eigenvalue weighted by molar-refractivity contribution is 6.42. The quantitative estimate of drug-likeness (QED) is 0.792. The first-order chi connectivity index (χ1) is 12.0. The molecule has 1 amide bonds. The summed E-state index contributed by atoms with van der Waals surface area (Å²) in [6.07, 6.45) is 3.27. The van der Waals surface area contributed by atoms with Crippen LogP contribution in [0.15, 0.2) is 48.5 Å². The van der Waals surface area contributed by atoms with Gasteiger partial charge in [0.05, 0.1) is 16.7 Å². The monoisotopic (exact) mass is 377 g/mol. The van der Waals surface area contributed by atoms with Crippen LogP contribution in [-0.4, -0.2) is 35.6 Å². The van der Waals surface area contributed by atoms with Gasteiger partial charge in [-0.05, 0) is 48.0 Å². The molecular formula is C19H17Cl2NO3. The zero-order valence-corrected chi connectivity index (χ0v) is 14.9. The van der Waals surface area contributed by atoms with E-state index >= 15 is 0 Å². The van der Waals surface area contributed by atoms with Crippen LogP contribution in [0.1, 0.15) is 5.56 Å². The average molecular weight is 378 g/mol. The third kappa shape index (κ3) is 4.68. The molecule has 0 aromatic heterocycles. The summed E-state index contributed by atoms with van der Waals surface area (Å²) in [7, 11) is 0. The zero-order valence-electron chi connectivity index (χ0n) is 13.4. The SMILES string of the molecule is O=C(C=Cc1ccc(Cl)c(Cl)c1)N1CC(COc2ccc(O)cc2)C1. The minimum Gasteiger partial charge on any atom is -0.508 e. The molecule has 1 saturated heterocycles. The van der Waals surface area contributed by atoms with Gasteiger partial charge in [-0.1, -0.05) is 29.3 Å². The summed E-state index contributed by atoms with van der Waals surface area (Å²) in [5.41, 5.74) is 0.829. The second-order valence-electron chi connectivity index (χ2n) is 5.92. The topological polar surface area (TPSA) is 49.8 Å². The normalized spacial score (nSPS) is 14.6. The van der Waals surface area contributed by atoms with E-state index in [9.17, 15) is 9.90 Å². The number of ether oxygens (including phenoxy) is 1. The summed E-state index contributed by atoms with van der Waals surface area (Å²) in [5, 5.41) is 10.2. The number of carbonyl (C=O) groups excluding carboxylic acids is 1. The van der Waals surface area contributed by atoms with Crippen molar-refractivity contribution in [1.29, 1.82) is 0 Å².